The number of methoxy groups -OCH3 is 2. The standard InChI is InChI=1S/C28H28N6O5S/c1-38-22-9-7-18(8-10-22)25-17-30-28-33-21-13-19(27(35)32-20-5-3-6-23(15-20)39-2)14-24(16-21)40(36,37)31-12-4-11-29-26(25)34-28/h3,5-10,13-17,31H,4,11-12H2,1-2H3,(H,32,35)(H2,29,30,33,34). The van der Waals surface area contributed by atoms with Gasteiger partial charge in [-0.2, -0.15) is 4.98 Å². The van der Waals surface area contributed by atoms with Crippen LogP contribution in [0.1, 0.15) is 16.8 Å². The number of benzene rings is 3. The van der Waals surface area contributed by atoms with E-state index >= 15 is 0 Å². The molecule has 4 aromatic rings. The second kappa shape index (κ2) is 11.6. The molecule has 4 bridgehead atoms. The van der Waals surface area contributed by atoms with Crippen LogP contribution in [-0.4, -0.2) is 51.6 Å². The van der Waals surface area contributed by atoms with Gasteiger partial charge < -0.3 is 25.4 Å². The van der Waals surface area contributed by atoms with E-state index in [4.69, 9.17) is 9.47 Å². The molecule has 206 valence electrons. The van der Waals surface area contributed by atoms with Crippen LogP contribution in [0.25, 0.3) is 11.1 Å². The molecule has 3 aromatic carbocycles. The van der Waals surface area contributed by atoms with Crippen LogP contribution < -0.4 is 30.1 Å². The summed E-state index contributed by atoms with van der Waals surface area (Å²) >= 11 is 0. The maximum absolute atomic E-state index is 13.2. The first kappa shape index (κ1) is 26.9. The first-order valence-corrected chi connectivity index (χ1v) is 14.0. The van der Waals surface area contributed by atoms with Gasteiger partial charge in [-0.3, -0.25) is 4.79 Å². The van der Waals surface area contributed by atoms with Crippen molar-refractivity contribution in [2.24, 2.45) is 0 Å². The molecule has 0 spiro atoms. The third kappa shape index (κ3) is 6.14. The lowest BCUT2D eigenvalue weighted by Crippen LogP contribution is -2.26. The summed E-state index contributed by atoms with van der Waals surface area (Å²) in [6, 6.07) is 18.7. The minimum atomic E-state index is -3.90. The number of carbonyl (C=O) groups is 1. The van der Waals surface area contributed by atoms with Gasteiger partial charge in [0.2, 0.25) is 16.0 Å². The monoisotopic (exact) mass is 560 g/mol. The highest BCUT2D eigenvalue weighted by atomic mass is 32.2. The summed E-state index contributed by atoms with van der Waals surface area (Å²) in [6.45, 7) is 0.655. The highest BCUT2D eigenvalue weighted by Gasteiger charge is 2.20. The van der Waals surface area contributed by atoms with E-state index in [1.807, 2.05) is 24.3 Å². The summed E-state index contributed by atoms with van der Waals surface area (Å²) < 4.78 is 39.3. The summed E-state index contributed by atoms with van der Waals surface area (Å²) in [5.74, 6) is 1.63. The smallest absolute Gasteiger partial charge is 0.255 e. The minimum Gasteiger partial charge on any atom is -0.497 e. The molecule has 11 nitrogen and oxygen atoms in total. The Morgan fingerprint density at radius 2 is 1.75 bits per heavy atom. The van der Waals surface area contributed by atoms with Crippen molar-refractivity contribution < 1.29 is 22.7 Å². The van der Waals surface area contributed by atoms with Crippen molar-refractivity contribution >= 4 is 39.1 Å². The first-order valence-electron chi connectivity index (χ1n) is 12.5. The van der Waals surface area contributed by atoms with Crippen molar-refractivity contribution in [1.29, 1.82) is 0 Å². The number of nitrogens with zero attached hydrogens (tertiary/aromatic N) is 2. The van der Waals surface area contributed by atoms with Crippen LogP contribution in [0.5, 0.6) is 11.5 Å². The molecule has 0 fully saturated rings. The number of nitrogens with one attached hydrogen (secondary N) is 4. The molecule has 0 saturated carbocycles. The van der Waals surface area contributed by atoms with E-state index in [1.165, 1.54) is 19.2 Å². The van der Waals surface area contributed by atoms with Crippen LogP contribution in [0.15, 0.2) is 77.8 Å². The van der Waals surface area contributed by atoms with E-state index in [2.05, 4.69) is 30.6 Å². The van der Waals surface area contributed by atoms with Gasteiger partial charge in [-0.15, -0.1) is 0 Å². The zero-order valence-electron chi connectivity index (χ0n) is 21.9. The quantitative estimate of drug-likeness (QED) is 0.282. The Labute approximate surface area is 232 Å². The Balaban J connectivity index is 1.51. The summed E-state index contributed by atoms with van der Waals surface area (Å²) in [7, 11) is -0.765. The molecule has 0 aliphatic carbocycles. The predicted octanol–water partition coefficient (Wildman–Crippen LogP) is 4.25. The number of anilines is 4. The van der Waals surface area contributed by atoms with Crippen LogP contribution in [0.2, 0.25) is 0 Å². The highest BCUT2D eigenvalue weighted by Crippen LogP contribution is 2.30. The number of rotatable bonds is 5. The largest absolute Gasteiger partial charge is 0.497 e. The number of hydrogen-bond acceptors (Lipinski definition) is 9. The Kier molecular flexibility index (Phi) is 7.80. The van der Waals surface area contributed by atoms with Crippen LogP contribution in [-0.2, 0) is 10.0 Å². The van der Waals surface area contributed by atoms with Gasteiger partial charge in [-0.1, -0.05) is 18.2 Å². The molecule has 0 atom stereocenters. The molecule has 0 saturated heterocycles. The average Bonchev–Trinajstić information content (AvgIpc) is 2.97. The fraction of sp³-hybridized carbons (Fsp3) is 0.179. The SMILES string of the molecule is COc1ccc(-c2cnc3nc2NCCCNS(=O)(=O)c2cc(cc(C(=O)Nc4cccc(OC)c4)c2)N3)cc1. The van der Waals surface area contributed by atoms with E-state index in [9.17, 15) is 13.2 Å². The minimum absolute atomic E-state index is 0.0597. The van der Waals surface area contributed by atoms with E-state index in [1.54, 1.807) is 43.6 Å². The number of ether oxygens (including phenoxy) is 2. The molecule has 1 amide bonds. The molecule has 12 heteroatoms. The predicted molar refractivity (Wildman–Crippen MR) is 153 cm³/mol. The van der Waals surface area contributed by atoms with E-state index in [0.717, 1.165) is 16.9 Å². The number of sulfonamides is 1. The van der Waals surface area contributed by atoms with Crippen molar-refractivity contribution in [3.05, 3.63) is 78.5 Å². The molecule has 1 aliphatic rings. The lowest BCUT2D eigenvalue weighted by atomic mass is 10.1. The van der Waals surface area contributed by atoms with Gasteiger partial charge in [0, 0.05) is 47.9 Å². The molecular formula is C28H28N6O5S. The van der Waals surface area contributed by atoms with Crippen LogP contribution in [0, 0.1) is 0 Å². The van der Waals surface area contributed by atoms with Crippen molar-refractivity contribution in [1.82, 2.24) is 14.7 Å². The van der Waals surface area contributed by atoms with Gasteiger partial charge in [0.25, 0.3) is 5.91 Å². The van der Waals surface area contributed by atoms with Gasteiger partial charge in [0.05, 0.1) is 19.1 Å². The van der Waals surface area contributed by atoms with Crippen LogP contribution in [0.3, 0.4) is 0 Å². The van der Waals surface area contributed by atoms with Gasteiger partial charge in [-0.05, 0) is 54.4 Å². The van der Waals surface area contributed by atoms with Gasteiger partial charge in [0.15, 0.2) is 0 Å². The second-order valence-electron chi connectivity index (χ2n) is 8.92. The molecule has 1 aromatic heterocycles. The number of fused-ring (bicyclic) bond motifs is 4. The van der Waals surface area contributed by atoms with Gasteiger partial charge in [-0.25, -0.2) is 18.1 Å². The number of aromatic nitrogens is 2. The lowest BCUT2D eigenvalue weighted by Gasteiger charge is -2.14. The summed E-state index contributed by atoms with van der Waals surface area (Å²) in [6.07, 6.45) is 2.19. The molecule has 40 heavy (non-hydrogen) atoms. The maximum atomic E-state index is 13.2. The van der Waals surface area contributed by atoms with Gasteiger partial charge in [0.1, 0.15) is 17.3 Å². The van der Waals surface area contributed by atoms with Gasteiger partial charge >= 0.3 is 0 Å². The first-order chi connectivity index (χ1) is 19.3. The summed E-state index contributed by atoms with van der Waals surface area (Å²) in [5.41, 5.74) is 2.63. The number of hydrogen-bond donors (Lipinski definition) is 4. The van der Waals surface area contributed by atoms with Crippen molar-refractivity contribution in [3.8, 4) is 22.6 Å². The second-order valence-corrected chi connectivity index (χ2v) is 10.7. The Bertz CT molecular complexity index is 1640. The molecule has 0 radical (unpaired) electrons. The van der Waals surface area contributed by atoms with E-state index < -0.39 is 15.9 Å². The Hall–Kier alpha value is -4.68. The Morgan fingerprint density at radius 3 is 2.52 bits per heavy atom. The third-order valence-electron chi connectivity index (χ3n) is 6.19. The Morgan fingerprint density at radius 1 is 0.950 bits per heavy atom. The zero-order valence-corrected chi connectivity index (χ0v) is 22.7. The van der Waals surface area contributed by atoms with Crippen LogP contribution >= 0.6 is 0 Å². The normalized spacial score (nSPS) is 14.2. The topological polar surface area (TPSA) is 144 Å². The summed E-state index contributed by atoms with van der Waals surface area (Å²) in [5, 5.41) is 9.13. The van der Waals surface area contributed by atoms with Crippen molar-refractivity contribution in [3.63, 3.8) is 0 Å². The molecule has 2 heterocycles. The molecule has 0 unspecified atom stereocenters. The fourth-order valence-corrected chi connectivity index (χ4v) is 5.28. The molecule has 5 rings (SSSR count). The van der Waals surface area contributed by atoms with Crippen molar-refractivity contribution in [2.75, 3.05) is 43.3 Å². The lowest BCUT2D eigenvalue weighted by molar-refractivity contribution is 0.102. The molecular weight excluding hydrogens is 532 g/mol. The maximum Gasteiger partial charge on any atom is 0.255 e. The fourth-order valence-electron chi connectivity index (χ4n) is 4.13. The van der Waals surface area contributed by atoms with E-state index in [0.29, 0.717) is 35.9 Å². The van der Waals surface area contributed by atoms with Crippen molar-refractivity contribution in [2.45, 2.75) is 11.3 Å². The third-order valence-corrected chi connectivity index (χ3v) is 7.63. The number of amides is 1. The van der Waals surface area contributed by atoms with Crippen LogP contribution in [0.4, 0.5) is 23.1 Å². The summed E-state index contributed by atoms with van der Waals surface area (Å²) in [4.78, 5) is 22.2. The average molecular weight is 561 g/mol. The highest BCUT2D eigenvalue weighted by molar-refractivity contribution is 7.89. The molecule has 1 aliphatic heterocycles. The van der Waals surface area contributed by atoms with E-state index in [-0.39, 0.29) is 23.0 Å². The molecule has 4 N–H and O–H groups in total. The number of carbonyl (C=O) groups excluding carboxylic acids is 1. The zero-order chi connectivity index (χ0) is 28.1.